The van der Waals surface area contributed by atoms with Crippen LogP contribution < -0.4 is 14.8 Å². The average molecular weight is 418 g/mol. The normalized spacial score (nSPS) is 11.7. The Bertz CT molecular complexity index is 976. The van der Waals surface area contributed by atoms with Gasteiger partial charge in [0.1, 0.15) is 18.2 Å². The van der Waals surface area contributed by atoms with Gasteiger partial charge in [-0.05, 0) is 55.3 Å². The molecule has 2 aromatic carbocycles. The number of benzene rings is 2. The first kappa shape index (κ1) is 22.8. The molecule has 0 saturated heterocycles. The minimum Gasteiger partial charge on any atom is -0.493 e. The number of hydrogen-bond donors (Lipinski definition) is 1. The first-order chi connectivity index (χ1) is 14.1. The largest absolute Gasteiger partial charge is 0.493 e. The van der Waals surface area contributed by atoms with Gasteiger partial charge in [-0.1, -0.05) is 18.2 Å². The third-order valence-electron chi connectivity index (χ3n) is 3.93. The highest BCUT2D eigenvalue weighted by molar-refractivity contribution is 6.01. The number of hydrogen-bond acceptors (Lipinski definition) is 4. The van der Waals surface area contributed by atoms with Crippen molar-refractivity contribution in [2.24, 2.45) is 0 Å². The SMILES string of the molecule is COc1cc(/C=C(\C#N)C(=O)NC(C)C)ccc1OCc1cccc(C(F)(F)F)c1. The molecule has 1 amide bonds. The number of carbonyl (C=O) groups is 1. The van der Waals surface area contributed by atoms with Crippen LogP contribution in [0.2, 0.25) is 0 Å². The summed E-state index contributed by atoms with van der Waals surface area (Å²) in [7, 11) is 1.41. The molecule has 0 aromatic heterocycles. The van der Waals surface area contributed by atoms with Crippen LogP contribution in [0.5, 0.6) is 11.5 Å². The van der Waals surface area contributed by atoms with Crippen molar-refractivity contribution in [1.29, 1.82) is 5.26 Å². The zero-order chi connectivity index (χ0) is 22.3. The van der Waals surface area contributed by atoms with Gasteiger partial charge in [-0.25, -0.2) is 0 Å². The molecule has 2 aromatic rings. The third-order valence-corrected chi connectivity index (χ3v) is 3.93. The summed E-state index contributed by atoms with van der Waals surface area (Å²) in [6.07, 6.45) is -3.02. The Morgan fingerprint density at radius 2 is 1.93 bits per heavy atom. The topological polar surface area (TPSA) is 71.3 Å². The summed E-state index contributed by atoms with van der Waals surface area (Å²) in [6.45, 7) is 3.48. The summed E-state index contributed by atoms with van der Waals surface area (Å²) in [5, 5.41) is 11.9. The lowest BCUT2D eigenvalue weighted by atomic mass is 10.1. The molecule has 0 aliphatic carbocycles. The van der Waals surface area contributed by atoms with Crippen LogP contribution in [-0.4, -0.2) is 19.1 Å². The maximum Gasteiger partial charge on any atom is 0.416 e. The van der Waals surface area contributed by atoms with Crippen molar-refractivity contribution < 1.29 is 27.4 Å². The quantitative estimate of drug-likeness (QED) is 0.522. The maximum absolute atomic E-state index is 12.8. The van der Waals surface area contributed by atoms with Gasteiger partial charge in [-0.2, -0.15) is 18.4 Å². The molecule has 8 heteroatoms. The standard InChI is InChI=1S/C22H21F3N2O3/c1-14(2)27-21(28)17(12-26)9-15-7-8-19(20(11-15)29-3)30-13-16-5-4-6-18(10-16)22(23,24)25/h4-11,14H,13H2,1-3H3,(H,27,28)/b17-9+. The van der Waals surface area contributed by atoms with Crippen LogP contribution in [0.1, 0.15) is 30.5 Å². The van der Waals surface area contributed by atoms with E-state index in [4.69, 9.17) is 9.47 Å². The number of rotatable bonds is 7. The van der Waals surface area contributed by atoms with E-state index in [1.807, 2.05) is 6.07 Å². The van der Waals surface area contributed by atoms with Gasteiger partial charge >= 0.3 is 6.18 Å². The molecular formula is C22H21F3N2O3. The van der Waals surface area contributed by atoms with Gasteiger partial charge in [0, 0.05) is 6.04 Å². The molecule has 0 fully saturated rings. The van der Waals surface area contributed by atoms with E-state index in [0.717, 1.165) is 12.1 Å². The summed E-state index contributed by atoms with van der Waals surface area (Å²) >= 11 is 0. The van der Waals surface area contributed by atoms with Crippen LogP contribution in [0.3, 0.4) is 0 Å². The molecular weight excluding hydrogens is 397 g/mol. The van der Waals surface area contributed by atoms with Crippen LogP contribution in [0.4, 0.5) is 13.2 Å². The fourth-order valence-corrected chi connectivity index (χ4v) is 2.55. The Hall–Kier alpha value is -3.47. The lowest BCUT2D eigenvalue weighted by molar-refractivity contribution is -0.137. The number of nitrogens with zero attached hydrogens (tertiary/aromatic N) is 1. The highest BCUT2D eigenvalue weighted by Gasteiger charge is 2.30. The molecule has 30 heavy (non-hydrogen) atoms. The molecule has 2 rings (SSSR count). The number of nitrogens with one attached hydrogen (secondary N) is 1. The zero-order valence-electron chi connectivity index (χ0n) is 16.7. The van der Waals surface area contributed by atoms with E-state index in [1.54, 1.807) is 32.0 Å². The summed E-state index contributed by atoms with van der Waals surface area (Å²) in [5.74, 6) is 0.144. The lowest BCUT2D eigenvalue weighted by Gasteiger charge is -2.13. The third kappa shape index (κ3) is 6.27. The minimum atomic E-state index is -4.43. The summed E-state index contributed by atoms with van der Waals surface area (Å²) in [4.78, 5) is 12.0. The first-order valence-electron chi connectivity index (χ1n) is 9.03. The van der Waals surface area contributed by atoms with E-state index < -0.39 is 17.6 Å². The monoisotopic (exact) mass is 418 g/mol. The van der Waals surface area contributed by atoms with Gasteiger partial charge in [0.15, 0.2) is 11.5 Å². The predicted octanol–water partition coefficient (Wildman–Crippen LogP) is 4.72. The number of methoxy groups -OCH3 is 1. The molecule has 0 unspecified atom stereocenters. The average Bonchev–Trinajstić information content (AvgIpc) is 2.69. The number of alkyl halides is 3. The second kappa shape index (κ2) is 9.83. The predicted molar refractivity (Wildman–Crippen MR) is 106 cm³/mol. The summed E-state index contributed by atoms with van der Waals surface area (Å²) in [6, 6.07) is 11.4. The molecule has 0 spiro atoms. The van der Waals surface area contributed by atoms with E-state index in [2.05, 4.69) is 5.32 Å². The summed E-state index contributed by atoms with van der Waals surface area (Å²) < 4.78 is 49.4. The molecule has 0 atom stereocenters. The van der Waals surface area contributed by atoms with Crippen LogP contribution in [0, 0.1) is 11.3 Å². The van der Waals surface area contributed by atoms with Crippen LogP contribution in [-0.2, 0) is 17.6 Å². The Balaban J connectivity index is 2.19. The van der Waals surface area contributed by atoms with Crippen molar-refractivity contribution in [3.05, 3.63) is 64.7 Å². The van der Waals surface area contributed by atoms with Gasteiger partial charge in [-0.15, -0.1) is 0 Å². The highest BCUT2D eigenvalue weighted by atomic mass is 19.4. The molecule has 1 N–H and O–H groups in total. The fourth-order valence-electron chi connectivity index (χ4n) is 2.55. The van der Waals surface area contributed by atoms with Gasteiger partial charge in [0.25, 0.3) is 5.91 Å². The molecule has 0 heterocycles. The van der Waals surface area contributed by atoms with Gasteiger partial charge < -0.3 is 14.8 Å². The van der Waals surface area contributed by atoms with Crippen LogP contribution in [0.15, 0.2) is 48.0 Å². The molecule has 158 valence electrons. The van der Waals surface area contributed by atoms with Crippen molar-refractivity contribution in [1.82, 2.24) is 5.32 Å². The number of carbonyl (C=O) groups excluding carboxylic acids is 1. The molecule has 0 aliphatic rings. The highest BCUT2D eigenvalue weighted by Crippen LogP contribution is 2.32. The van der Waals surface area contributed by atoms with E-state index in [1.165, 1.54) is 25.3 Å². The molecule has 5 nitrogen and oxygen atoms in total. The van der Waals surface area contributed by atoms with Crippen LogP contribution in [0.25, 0.3) is 6.08 Å². The van der Waals surface area contributed by atoms with Gasteiger partial charge in [0.05, 0.1) is 12.7 Å². The fraction of sp³-hybridized carbons (Fsp3) is 0.273. The number of nitriles is 1. The number of amides is 1. The number of halogens is 3. The van der Waals surface area contributed by atoms with Crippen molar-refractivity contribution in [2.75, 3.05) is 7.11 Å². The van der Waals surface area contributed by atoms with Crippen molar-refractivity contribution in [2.45, 2.75) is 32.7 Å². The Morgan fingerprint density at radius 1 is 1.20 bits per heavy atom. The zero-order valence-corrected chi connectivity index (χ0v) is 16.7. The smallest absolute Gasteiger partial charge is 0.416 e. The maximum atomic E-state index is 12.8. The lowest BCUT2D eigenvalue weighted by Crippen LogP contribution is -2.30. The van der Waals surface area contributed by atoms with Crippen LogP contribution >= 0.6 is 0 Å². The molecule has 0 bridgehead atoms. The Morgan fingerprint density at radius 3 is 2.53 bits per heavy atom. The van der Waals surface area contributed by atoms with Gasteiger partial charge in [0.2, 0.25) is 0 Å². The Kier molecular flexibility index (Phi) is 7.48. The van der Waals surface area contributed by atoms with Gasteiger partial charge in [-0.3, -0.25) is 4.79 Å². The van der Waals surface area contributed by atoms with E-state index in [0.29, 0.717) is 22.6 Å². The van der Waals surface area contributed by atoms with E-state index in [-0.39, 0.29) is 18.2 Å². The molecule has 0 aliphatic heterocycles. The first-order valence-corrected chi connectivity index (χ1v) is 9.03. The second-order valence-corrected chi connectivity index (χ2v) is 6.70. The second-order valence-electron chi connectivity index (χ2n) is 6.70. The van der Waals surface area contributed by atoms with Crippen molar-refractivity contribution in [3.63, 3.8) is 0 Å². The molecule has 0 saturated carbocycles. The Labute approximate surface area is 172 Å². The van der Waals surface area contributed by atoms with Crippen molar-refractivity contribution in [3.8, 4) is 17.6 Å². The number of ether oxygens (including phenoxy) is 2. The van der Waals surface area contributed by atoms with E-state index >= 15 is 0 Å². The van der Waals surface area contributed by atoms with E-state index in [9.17, 15) is 23.2 Å². The van der Waals surface area contributed by atoms with Crippen molar-refractivity contribution >= 4 is 12.0 Å². The minimum absolute atomic E-state index is 0.0663. The molecule has 0 radical (unpaired) electrons. The summed E-state index contributed by atoms with van der Waals surface area (Å²) in [5.41, 5.74) is 0.0739.